The third-order valence-corrected chi connectivity index (χ3v) is 3.43. The van der Waals surface area contributed by atoms with E-state index in [9.17, 15) is 8.78 Å². The standard InChI is InChI=1S/C9H8BrF.C9H9F/c1-7(6-10)8-2-4-9(11)5-3-8;1-7(2)8-3-5-9(10)6-4-8/h2-5H,1,6H2;3-6H,1H2,2H3. The fourth-order valence-corrected chi connectivity index (χ4v) is 1.82. The first kappa shape index (κ1) is 17.3. The molecule has 21 heavy (non-hydrogen) atoms. The molecule has 0 nitrogen and oxygen atoms in total. The van der Waals surface area contributed by atoms with Gasteiger partial charge in [-0.1, -0.05) is 58.9 Å². The van der Waals surface area contributed by atoms with Crippen molar-refractivity contribution in [1.82, 2.24) is 0 Å². The molecule has 0 saturated heterocycles. The molecule has 0 unspecified atom stereocenters. The van der Waals surface area contributed by atoms with Gasteiger partial charge < -0.3 is 0 Å². The summed E-state index contributed by atoms with van der Waals surface area (Å²) in [5.41, 5.74) is 3.88. The van der Waals surface area contributed by atoms with E-state index in [2.05, 4.69) is 29.1 Å². The molecule has 0 atom stereocenters. The van der Waals surface area contributed by atoms with Crippen LogP contribution in [0.5, 0.6) is 0 Å². The molecule has 0 aliphatic heterocycles. The molecule has 0 bridgehead atoms. The van der Waals surface area contributed by atoms with E-state index in [4.69, 9.17) is 0 Å². The number of benzene rings is 2. The van der Waals surface area contributed by atoms with E-state index in [1.165, 1.54) is 24.3 Å². The molecule has 0 aliphatic carbocycles. The van der Waals surface area contributed by atoms with Crippen LogP contribution < -0.4 is 0 Å². The van der Waals surface area contributed by atoms with Crippen LogP contribution in [0.1, 0.15) is 18.1 Å². The molecule has 0 aromatic heterocycles. The highest BCUT2D eigenvalue weighted by molar-refractivity contribution is 9.09. The summed E-state index contributed by atoms with van der Waals surface area (Å²) in [7, 11) is 0. The van der Waals surface area contributed by atoms with E-state index in [0.717, 1.165) is 27.6 Å². The van der Waals surface area contributed by atoms with Crippen LogP contribution in [0, 0.1) is 11.6 Å². The molecule has 0 fully saturated rings. The maximum atomic E-state index is 12.4. The monoisotopic (exact) mass is 350 g/mol. The Hall–Kier alpha value is -1.74. The zero-order valence-corrected chi connectivity index (χ0v) is 13.5. The average molecular weight is 351 g/mol. The van der Waals surface area contributed by atoms with E-state index >= 15 is 0 Å². The Kier molecular flexibility index (Phi) is 7.03. The lowest BCUT2D eigenvalue weighted by Gasteiger charge is -1.99. The zero-order chi connectivity index (χ0) is 15.8. The maximum Gasteiger partial charge on any atom is 0.123 e. The van der Waals surface area contributed by atoms with Crippen LogP contribution in [-0.2, 0) is 0 Å². The SMILES string of the molecule is C=C(C)c1ccc(F)cc1.C=C(CBr)c1ccc(F)cc1. The van der Waals surface area contributed by atoms with Crippen LogP contribution in [-0.4, -0.2) is 5.33 Å². The number of hydrogen-bond donors (Lipinski definition) is 0. The van der Waals surface area contributed by atoms with Crippen LogP contribution in [0.2, 0.25) is 0 Å². The summed E-state index contributed by atoms with van der Waals surface area (Å²) in [5, 5.41) is 0.721. The van der Waals surface area contributed by atoms with Gasteiger partial charge in [-0.05, 0) is 47.9 Å². The number of rotatable bonds is 3. The second-order valence-electron chi connectivity index (χ2n) is 4.53. The molecule has 2 aromatic rings. The number of halogens is 3. The summed E-state index contributed by atoms with van der Waals surface area (Å²) in [6.07, 6.45) is 0. The van der Waals surface area contributed by atoms with Gasteiger partial charge in [0, 0.05) is 5.33 Å². The van der Waals surface area contributed by atoms with E-state index in [1.807, 2.05) is 6.92 Å². The molecule has 0 N–H and O–H groups in total. The Balaban J connectivity index is 0.000000211. The summed E-state index contributed by atoms with van der Waals surface area (Å²) in [4.78, 5) is 0. The van der Waals surface area contributed by atoms with Crippen molar-refractivity contribution in [2.24, 2.45) is 0 Å². The molecular weight excluding hydrogens is 334 g/mol. The molecule has 110 valence electrons. The zero-order valence-electron chi connectivity index (χ0n) is 11.9. The second-order valence-corrected chi connectivity index (χ2v) is 5.09. The van der Waals surface area contributed by atoms with E-state index in [-0.39, 0.29) is 11.6 Å². The Bertz CT molecular complexity index is 598. The van der Waals surface area contributed by atoms with Crippen LogP contribution in [0.3, 0.4) is 0 Å². The summed E-state index contributed by atoms with van der Waals surface area (Å²) in [6.45, 7) is 9.43. The minimum absolute atomic E-state index is 0.204. The summed E-state index contributed by atoms with van der Waals surface area (Å²) in [6, 6.07) is 12.6. The minimum Gasteiger partial charge on any atom is -0.207 e. The molecule has 2 aromatic carbocycles. The first-order valence-electron chi connectivity index (χ1n) is 6.35. The van der Waals surface area contributed by atoms with Crippen LogP contribution >= 0.6 is 15.9 Å². The van der Waals surface area contributed by atoms with Crippen molar-refractivity contribution in [3.63, 3.8) is 0 Å². The predicted octanol–water partition coefficient (Wildman–Crippen LogP) is 6.09. The molecule has 0 saturated carbocycles. The van der Waals surface area contributed by atoms with Gasteiger partial charge in [-0.2, -0.15) is 0 Å². The molecular formula is C18H17BrF2. The van der Waals surface area contributed by atoms with Gasteiger partial charge >= 0.3 is 0 Å². The fraction of sp³-hybridized carbons (Fsp3) is 0.111. The Labute approximate surface area is 133 Å². The Morgan fingerprint density at radius 3 is 1.57 bits per heavy atom. The normalized spacial score (nSPS) is 9.52. The largest absolute Gasteiger partial charge is 0.207 e. The Morgan fingerprint density at radius 1 is 0.857 bits per heavy atom. The fourth-order valence-electron chi connectivity index (χ4n) is 1.50. The predicted molar refractivity (Wildman–Crippen MR) is 90.3 cm³/mol. The molecule has 3 heteroatoms. The Morgan fingerprint density at radius 2 is 1.24 bits per heavy atom. The van der Waals surface area contributed by atoms with E-state index in [1.54, 1.807) is 24.3 Å². The summed E-state index contributed by atoms with van der Waals surface area (Å²) >= 11 is 3.28. The third-order valence-electron chi connectivity index (χ3n) is 2.75. The van der Waals surface area contributed by atoms with Crippen LogP contribution in [0.15, 0.2) is 61.7 Å². The van der Waals surface area contributed by atoms with Gasteiger partial charge in [-0.15, -0.1) is 0 Å². The van der Waals surface area contributed by atoms with Crippen LogP contribution in [0.4, 0.5) is 8.78 Å². The summed E-state index contributed by atoms with van der Waals surface area (Å²) in [5.74, 6) is -0.416. The first-order valence-corrected chi connectivity index (χ1v) is 7.47. The van der Waals surface area contributed by atoms with E-state index < -0.39 is 0 Å². The van der Waals surface area contributed by atoms with Gasteiger partial charge in [0.25, 0.3) is 0 Å². The number of alkyl halides is 1. The molecule has 0 aliphatic rings. The first-order chi connectivity index (χ1) is 9.93. The van der Waals surface area contributed by atoms with Crippen molar-refractivity contribution in [1.29, 1.82) is 0 Å². The van der Waals surface area contributed by atoms with Crippen molar-refractivity contribution < 1.29 is 8.78 Å². The highest BCUT2D eigenvalue weighted by Gasteiger charge is 1.95. The molecule has 0 amide bonds. The van der Waals surface area contributed by atoms with Gasteiger partial charge in [0.2, 0.25) is 0 Å². The quantitative estimate of drug-likeness (QED) is 0.587. The van der Waals surface area contributed by atoms with Crippen molar-refractivity contribution in [3.8, 4) is 0 Å². The molecule has 0 radical (unpaired) electrons. The second kappa shape index (κ2) is 8.53. The van der Waals surface area contributed by atoms with Gasteiger partial charge in [0.1, 0.15) is 11.6 Å². The molecule has 2 rings (SSSR count). The van der Waals surface area contributed by atoms with Gasteiger partial charge in [-0.3, -0.25) is 0 Å². The lowest BCUT2D eigenvalue weighted by atomic mass is 10.1. The van der Waals surface area contributed by atoms with Gasteiger partial charge in [0.15, 0.2) is 0 Å². The lowest BCUT2D eigenvalue weighted by Crippen LogP contribution is -1.83. The van der Waals surface area contributed by atoms with E-state index in [0.29, 0.717) is 0 Å². The number of hydrogen-bond acceptors (Lipinski definition) is 0. The summed E-state index contributed by atoms with van der Waals surface area (Å²) < 4.78 is 24.7. The maximum absolute atomic E-state index is 12.4. The lowest BCUT2D eigenvalue weighted by molar-refractivity contribution is 0.627. The third kappa shape index (κ3) is 6.05. The van der Waals surface area contributed by atoms with Gasteiger partial charge in [-0.25, -0.2) is 8.78 Å². The van der Waals surface area contributed by atoms with Crippen molar-refractivity contribution in [2.75, 3.05) is 5.33 Å². The minimum atomic E-state index is -0.212. The van der Waals surface area contributed by atoms with Crippen molar-refractivity contribution >= 4 is 27.1 Å². The highest BCUT2D eigenvalue weighted by Crippen LogP contribution is 2.14. The smallest absolute Gasteiger partial charge is 0.123 e. The molecule has 0 spiro atoms. The average Bonchev–Trinajstić information content (AvgIpc) is 2.48. The molecule has 0 heterocycles. The van der Waals surface area contributed by atoms with Crippen molar-refractivity contribution in [3.05, 3.63) is 84.5 Å². The van der Waals surface area contributed by atoms with Crippen LogP contribution in [0.25, 0.3) is 11.1 Å². The number of allylic oxidation sites excluding steroid dienone is 2. The topological polar surface area (TPSA) is 0 Å². The van der Waals surface area contributed by atoms with Gasteiger partial charge in [0.05, 0.1) is 0 Å². The highest BCUT2D eigenvalue weighted by atomic mass is 79.9. The van der Waals surface area contributed by atoms with Crippen molar-refractivity contribution in [2.45, 2.75) is 6.92 Å².